The lowest BCUT2D eigenvalue weighted by molar-refractivity contribution is -0.128. The number of carbonyl (C=O) groups excluding carboxylic acids is 1. The molecule has 1 aliphatic heterocycles. The average molecular weight is 260 g/mol. The van der Waals surface area contributed by atoms with Gasteiger partial charge in [0.15, 0.2) is 0 Å². The van der Waals surface area contributed by atoms with Gasteiger partial charge in [-0.05, 0) is 23.8 Å². The summed E-state index contributed by atoms with van der Waals surface area (Å²) in [5, 5.41) is 10.8. The van der Waals surface area contributed by atoms with Gasteiger partial charge < -0.3 is 10.0 Å². The highest BCUT2D eigenvalue weighted by atomic mass is 35.5. The molecule has 2 atom stereocenters. The van der Waals surface area contributed by atoms with Gasteiger partial charge >= 0.3 is 0 Å². The van der Waals surface area contributed by atoms with Gasteiger partial charge in [0, 0.05) is 23.6 Å². The van der Waals surface area contributed by atoms with E-state index in [-0.39, 0.29) is 5.91 Å². The van der Waals surface area contributed by atoms with Gasteiger partial charge in [0.25, 0.3) is 0 Å². The Morgan fingerprint density at radius 3 is 2.69 bits per heavy atom. The third kappa shape index (κ3) is 1.90. The number of halogens is 2. The minimum atomic E-state index is -0.728. The van der Waals surface area contributed by atoms with Crippen molar-refractivity contribution < 1.29 is 9.90 Å². The van der Waals surface area contributed by atoms with Gasteiger partial charge in [-0.1, -0.05) is 23.2 Å². The average Bonchev–Trinajstić information content (AvgIpc) is 2.46. The van der Waals surface area contributed by atoms with Gasteiger partial charge in [0.1, 0.15) is 0 Å². The molecule has 1 fully saturated rings. The fourth-order valence-corrected chi connectivity index (χ4v) is 2.39. The van der Waals surface area contributed by atoms with Crippen LogP contribution in [-0.2, 0) is 4.79 Å². The molecule has 1 aromatic carbocycles. The molecule has 3 nitrogen and oxygen atoms in total. The molecule has 0 radical (unpaired) electrons. The second-order valence-corrected chi connectivity index (χ2v) is 4.77. The highest BCUT2D eigenvalue weighted by molar-refractivity contribution is 6.33. The number of likely N-dealkylation sites (N-methyl/N-ethyl adjacent to an activating group) is 1. The Hall–Kier alpha value is -0.770. The van der Waals surface area contributed by atoms with Crippen LogP contribution in [0.15, 0.2) is 18.2 Å². The van der Waals surface area contributed by atoms with E-state index in [0.29, 0.717) is 22.2 Å². The first kappa shape index (κ1) is 11.7. The predicted molar refractivity (Wildman–Crippen MR) is 62.8 cm³/mol. The summed E-state index contributed by atoms with van der Waals surface area (Å²) in [5.41, 5.74) is 0.594. The Labute approximate surface area is 104 Å². The molecule has 86 valence electrons. The molecule has 0 bridgehead atoms. The van der Waals surface area contributed by atoms with Gasteiger partial charge in [-0.3, -0.25) is 4.79 Å². The van der Waals surface area contributed by atoms with Crippen molar-refractivity contribution in [1.29, 1.82) is 0 Å². The maximum absolute atomic E-state index is 11.8. The highest BCUT2D eigenvalue weighted by Gasteiger charge is 2.39. The Bertz CT molecular complexity index is 436. The second-order valence-electron chi connectivity index (χ2n) is 3.93. The number of aliphatic hydroxyl groups excluding tert-OH is 1. The summed E-state index contributed by atoms with van der Waals surface area (Å²) in [5.74, 6) is -0.729. The molecule has 1 heterocycles. The molecule has 0 spiro atoms. The third-order valence-electron chi connectivity index (χ3n) is 2.78. The van der Waals surface area contributed by atoms with E-state index in [1.54, 1.807) is 25.2 Å². The van der Waals surface area contributed by atoms with Crippen LogP contribution >= 0.6 is 23.2 Å². The van der Waals surface area contributed by atoms with Crippen LogP contribution in [0.4, 0.5) is 0 Å². The Morgan fingerprint density at radius 2 is 2.12 bits per heavy atom. The molecule has 1 N–H and O–H groups in total. The van der Waals surface area contributed by atoms with Crippen molar-refractivity contribution in [3.05, 3.63) is 33.8 Å². The molecule has 1 amide bonds. The quantitative estimate of drug-likeness (QED) is 0.837. The van der Waals surface area contributed by atoms with Crippen molar-refractivity contribution >= 4 is 29.1 Å². The van der Waals surface area contributed by atoms with Crippen molar-refractivity contribution in [3.8, 4) is 0 Å². The smallest absolute Gasteiger partial charge is 0.232 e. The molecular formula is C11H11Cl2NO2. The lowest BCUT2D eigenvalue weighted by Crippen LogP contribution is -2.21. The zero-order valence-corrected chi connectivity index (χ0v) is 10.2. The monoisotopic (exact) mass is 259 g/mol. The van der Waals surface area contributed by atoms with E-state index in [1.807, 2.05) is 0 Å². The minimum Gasteiger partial charge on any atom is -0.390 e. The topological polar surface area (TPSA) is 40.5 Å². The molecule has 1 saturated heterocycles. The summed E-state index contributed by atoms with van der Waals surface area (Å²) in [7, 11) is 1.66. The summed E-state index contributed by atoms with van der Waals surface area (Å²) in [6.07, 6.45) is -0.728. The molecule has 5 heteroatoms. The molecule has 2 unspecified atom stereocenters. The highest BCUT2D eigenvalue weighted by Crippen LogP contribution is 2.34. The number of hydrogen-bond acceptors (Lipinski definition) is 2. The first-order valence-electron chi connectivity index (χ1n) is 4.88. The van der Waals surface area contributed by atoms with Gasteiger partial charge in [-0.15, -0.1) is 0 Å². The van der Waals surface area contributed by atoms with Crippen molar-refractivity contribution in [2.75, 3.05) is 13.6 Å². The van der Waals surface area contributed by atoms with Crippen LogP contribution in [0.2, 0.25) is 10.0 Å². The fraction of sp³-hybridized carbons (Fsp3) is 0.364. The predicted octanol–water partition coefficient (Wildman–Crippen LogP) is 1.91. The first-order chi connectivity index (χ1) is 7.50. The van der Waals surface area contributed by atoms with Gasteiger partial charge in [-0.25, -0.2) is 0 Å². The zero-order valence-electron chi connectivity index (χ0n) is 8.65. The lowest BCUT2D eigenvalue weighted by Gasteiger charge is -2.14. The molecule has 16 heavy (non-hydrogen) atoms. The molecule has 1 aliphatic rings. The SMILES string of the molecule is CN1CC(O)C(c2cc(Cl)ccc2Cl)C1=O. The second kappa shape index (κ2) is 4.24. The maximum Gasteiger partial charge on any atom is 0.232 e. The number of rotatable bonds is 1. The number of amides is 1. The normalized spacial score (nSPS) is 25.2. The van der Waals surface area contributed by atoms with Crippen LogP contribution in [-0.4, -0.2) is 35.6 Å². The van der Waals surface area contributed by atoms with Crippen molar-refractivity contribution in [1.82, 2.24) is 4.90 Å². The molecule has 0 saturated carbocycles. The number of nitrogens with zero attached hydrogens (tertiary/aromatic N) is 1. The third-order valence-corrected chi connectivity index (χ3v) is 3.36. The van der Waals surface area contributed by atoms with Crippen LogP contribution in [0.1, 0.15) is 11.5 Å². The maximum atomic E-state index is 11.8. The molecule has 2 rings (SSSR count). The number of hydrogen-bond donors (Lipinski definition) is 1. The van der Waals surface area contributed by atoms with Crippen LogP contribution in [0.25, 0.3) is 0 Å². The first-order valence-corrected chi connectivity index (χ1v) is 5.64. The van der Waals surface area contributed by atoms with Gasteiger partial charge in [0.2, 0.25) is 5.91 Å². The summed E-state index contributed by atoms with van der Waals surface area (Å²) in [4.78, 5) is 13.3. The minimum absolute atomic E-state index is 0.128. The molecular weight excluding hydrogens is 249 g/mol. The van der Waals surface area contributed by atoms with Crippen LogP contribution in [0, 0.1) is 0 Å². The van der Waals surface area contributed by atoms with Gasteiger partial charge in [-0.2, -0.15) is 0 Å². The van der Waals surface area contributed by atoms with E-state index < -0.39 is 12.0 Å². The van der Waals surface area contributed by atoms with Crippen LogP contribution < -0.4 is 0 Å². The Morgan fingerprint density at radius 1 is 1.44 bits per heavy atom. The van der Waals surface area contributed by atoms with Crippen molar-refractivity contribution in [2.24, 2.45) is 0 Å². The lowest BCUT2D eigenvalue weighted by atomic mass is 9.95. The van der Waals surface area contributed by atoms with E-state index in [2.05, 4.69) is 0 Å². The summed E-state index contributed by atoms with van der Waals surface area (Å²) in [6.45, 7) is 0.326. The van der Waals surface area contributed by atoms with E-state index >= 15 is 0 Å². The van der Waals surface area contributed by atoms with E-state index in [4.69, 9.17) is 23.2 Å². The molecule has 1 aromatic rings. The van der Waals surface area contributed by atoms with Crippen LogP contribution in [0.5, 0.6) is 0 Å². The largest absolute Gasteiger partial charge is 0.390 e. The number of β-amino-alcohol motifs (C(OH)–C–C–N with tert-alkyl or cyclic N) is 1. The van der Waals surface area contributed by atoms with E-state index in [1.165, 1.54) is 4.90 Å². The van der Waals surface area contributed by atoms with E-state index in [0.717, 1.165) is 0 Å². The fourth-order valence-electron chi connectivity index (χ4n) is 1.97. The Balaban J connectivity index is 2.44. The number of carbonyl (C=O) groups is 1. The van der Waals surface area contributed by atoms with Crippen molar-refractivity contribution in [2.45, 2.75) is 12.0 Å². The summed E-state index contributed by atoms with van der Waals surface area (Å²) >= 11 is 11.9. The summed E-state index contributed by atoms with van der Waals surface area (Å²) < 4.78 is 0. The van der Waals surface area contributed by atoms with Crippen LogP contribution in [0.3, 0.4) is 0 Å². The van der Waals surface area contributed by atoms with E-state index in [9.17, 15) is 9.90 Å². The zero-order chi connectivity index (χ0) is 11.9. The molecule has 0 aliphatic carbocycles. The number of benzene rings is 1. The molecule has 0 aromatic heterocycles. The number of likely N-dealkylation sites (tertiary alicyclic amines) is 1. The Kier molecular flexibility index (Phi) is 3.10. The summed E-state index contributed by atoms with van der Waals surface area (Å²) in [6, 6.07) is 4.93. The van der Waals surface area contributed by atoms with Gasteiger partial charge in [0.05, 0.1) is 12.0 Å². The standard InChI is InChI=1S/C11H11Cl2NO2/c1-14-5-9(15)10(11(14)16)7-4-6(12)2-3-8(7)13/h2-4,9-10,15H,5H2,1H3. The number of aliphatic hydroxyl groups is 1. The van der Waals surface area contributed by atoms with Crippen molar-refractivity contribution in [3.63, 3.8) is 0 Å².